The van der Waals surface area contributed by atoms with Gasteiger partial charge in [-0.05, 0) is 5.57 Å². The lowest BCUT2D eigenvalue weighted by Crippen LogP contribution is -2.24. The van der Waals surface area contributed by atoms with E-state index in [9.17, 15) is 4.79 Å². The van der Waals surface area contributed by atoms with E-state index in [0.717, 1.165) is 5.57 Å². The first kappa shape index (κ1) is 20.0. The van der Waals surface area contributed by atoms with Gasteiger partial charge in [0.05, 0.1) is 0 Å². The number of carbonyl (C=O) groups is 1. The Labute approximate surface area is 100 Å². The van der Waals surface area contributed by atoms with Crippen molar-refractivity contribution in [1.29, 1.82) is 0 Å². The summed E-state index contributed by atoms with van der Waals surface area (Å²) in [6, 6.07) is 0. The van der Waals surface area contributed by atoms with Crippen molar-refractivity contribution in [3.63, 3.8) is 0 Å². The molecular formula is C13H26N2O. The number of carbonyl (C=O) groups excluding carboxylic acids is 1. The van der Waals surface area contributed by atoms with E-state index in [4.69, 9.17) is 5.73 Å². The molecule has 0 heterocycles. The van der Waals surface area contributed by atoms with Crippen LogP contribution in [0.1, 0.15) is 34.6 Å². The van der Waals surface area contributed by atoms with Crippen LogP contribution in [0.25, 0.3) is 0 Å². The molecule has 3 heteroatoms. The lowest BCUT2D eigenvalue weighted by atomic mass is 10.2. The summed E-state index contributed by atoms with van der Waals surface area (Å²) in [6.45, 7) is 16.9. The molecule has 0 saturated heterocycles. The molecule has 0 saturated carbocycles. The van der Waals surface area contributed by atoms with Gasteiger partial charge in [0.1, 0.15) is 0 Å². The molecule has 16 heavy (non-hydrogen) atoms. The number of hydrogen-bond donors (Lipinski definition) is 2. The third-order valence-electron chi connectivity index (χ3n) is 1.26. The molecule has 0 spiro atoms. The highest BCUT2D eigenvalue weighted by Gasteiger charge is 1.98. The largest absolute Gasteiger partial charge is 0.399 e. The fourth-order valence-electron chi connectivity index (χ4n) is 0.641. The fourth-order valence-corrected chi connectivity index (χ4v) is 0.641. The molecule has 0 aromatic carbocycles. The van der Waals surface area contributed by atoms with Gasteiger partial charge in [0.15, 0.2) is 0 Å². The molecule has 94 valence electrons. The summed E-state index contributed by atoms with van der Waals surface area (Å²) in [5.41, 5.74) is 6.67. The summed E-state index contributed by atoms with van der Waals surface area (Å²) < 4.78 is 0. The normalized spacial score (nSPS) is 8.69. The van der Waals surface area contributed by atoms with Crippen LogP contribution in [0.2, 0.25) is 0 Å². The third-order valence-corrected chi connectivity index (χ3v) is 1.26. The molecule has 0 atom stereocenters. The second-order valence-corrected chi connectivity index (χ2v) is 2.36. The monoisotopic (exact) mass is 226 g/mol. The first-order chi connectivity index (χ1) is 7.57. The minimum atomic E-state index is -0.0915. The highest BCUT2D eigenvalue weighted by molar-refractivity contribution is 5.73. The Hall–Kier alpha value is -1.51. The van der Waals surface area contributed by atoms with Crippen LogP contribution in [0, 0.1) is 0 Å². The Morgan fingerprint density at radius 2 is 1.75 bits per heavy atom. The molecule has 3 nitrogen and oxygen atoms in total. The highest BCUT2D eigenvalue weighted by Crippen LogP contribution is 1.99. The quantitative estimate of drug-likeness (QED) is 0.724. The molecule has 0 bridgehead atoms. The van der Waals surface area contributed by atoms with Crippen molar-refractivity contribution in [2.45, 2.75) is 34.6 Å². The van der Waals surface area contributed by atoms with Gasteiger partial charge in [0.25, 0.3) is 0 Å². The topological polar surface area (TPSA) is 55.1 Å². The maximum atomic E-state index is 10.5. The van der Waals surface area contributed by atoms with Gasteiger partial charge in [-0.3, -0.25) is 4.79 Å². The van der Waals surface area contributed by atoms with Gasteiger partial charge < -0.3 is 11.1 Å². The van der Waals surface area contributed by atoms with Crippen molar-refractivity contribution in [2.24, 2.45) is 5.73 Å². The Morgan fingerprint density at radius 3 is 2.00 bits per heavy atom. The molecule has 0 aliphatic heterocycles. The lowest BCUT2D eigenvalue weighted by molar-refractivity contribution is -0.118. The van der Waals surface area contributed by atoms with Gasteiger partial charge in [0.2, 0.25) is 5.91 Å². The second kappa shape index (κ2) is 15.9. The van der Waals surface area contributed by atoms with E-state index < -0.39 is 0 Å². The summed E-state index contributed by atoms with van der Waals surface area (Å²) in [5.74, 6) is -0.0915. The molecule has 1 amide bonds. The molecular weight excluding hydrogens is 200 g/mol. The summed E-state index contributed by atoms with van der Waals surface area (Å²) in [4.78, 5) is 10.5. The zero-order chi connectivity index (χ0) is 13.6. The van der Waals surface area contributed by atoms with Crippen LogP contribution < -0.4 is 11.1 Å². The third kappa shape index (κ3) is 15.0. The zero-order valence-corrected chi connectivity index (χ0v) is 11.3. The summed E-state index contributed by atoms with van der Waals surface area (Å²) in [6.07, 6.45) is 3.33. The van der Waals surface area contributed by atoms with Crippen molar-refractivity contribution >= 4 is 5.91 Å². The van der Waals surface area contributed by atoms with Crippen LogP contribution >= 0.6 is 0 Å². The minimum absolute atomic E-state index is 0.0915. The van der Waals surface area contributed by atoms with Crippen LogP contribution in [0.15, 0.2) is 36.6 Å². The number of amides is 1. The number of nitrogens with one attached hydrogen (secondary N) is 1. The van der Waals surface area contributed by atoms with Crippen LogP contribution in [0.3, 0.4) is 0 Å². The molecule has 0 aromatic heterocycles. The summed E-state index contributed by atoms with van der Waals surface area (Å²) >= 11 is 0. The first-order valence-electron chi connectivity index (χ1n) is 5.58. The predicted molar refractivity (Wildman–Crippen MR) is 73.0 cm³/mol. The van der Waals surface area contributed by atoms with Gasteiger partial charge >= 0.3 is 0 Å². The summed E-state index contributed by atoms with van der Waals surface area (Å²) in [5, 5.41) is 2.62. The number of rotatable bonds is 4. The standard InChI is InChI=1S/C9H14N2O.2C2H6/c1-4-5-9(7(2)10)6-11-8(3)12;2*1-2/h4-5H,1-2,6,10H2,3H3,(H,11,12);2*1-2H3/b9-5-;;. The van der Waals surface area contributed by atoms with Gasteiger partial charge in [-0.2, -0.15) is 0 Å². The average molecular weight is 226 g/mol. The molecule has 0 rings (SSSR count). The molecule has 0 aliphatic carbocycles. The Morgan fingerprint density at radius 1 is 1.31 bits per heavy atom. The van der Waals surface area contributed by atoms with E-state index in [1.807, 2.05) is 27.7 Å². The van der Waals surface area contributed by atoms with E-state index in [-0.39, 0.29) is 5.91 Å². The molecule has 0 aliphatic rings. The molecule has 0 fully saturated rings. The molecule has 0 unspecified atom stereocenters. The lowest BCUT2D eigenvalue weighted by Gasteiger charge is -2.05. The van der Waals surface area contributed by atoms with Crippen molar-refractivity contribution in [3.05, 3.63) is 36.6 Å². The van der Waals surface area contributed by atoms with Crippen molar-refractivity contribution in [2.75, 3.05) is 6.54 Å². The van der Waals surface area contributed by atoms with Crippen LogP contribution in [0.5, 0.6) is 0 Å². The van der Waals surface area contributed by atoms with E-state index in [1.165, 1.54) is 6.92 Å². The van der Waals surface area contributed by atoms with E-state index in [2.05, 4.69) is 18.5 Å². The maximum absolute atomic E-state index is 10.5. The Kier molecular flexibility index (Phi) is 19.9. The zero-order valence-electron chi connectivity index (χ0n) is 11.3. The Balaban J connectivity index is -0.000000376. The predicted octanol–water partition coefficient (Wildman–Crippen LogP) is 2.76. The van der Waals surface area contributed by atoms with Gasteiger partial charge in [-0.25, -0.2) is 0 Å². The second-order valence-electron chi connectivity index (χ2n) is 2.36. The van der Waals surface area contributed by atoms with Gasteiger partial charge in [0, 0.05) is 19.2 Å². The van der Waals surface area contributed by atoms with Crippen molar-refractivity contribution < 1.29 is 4.79 Å². The molecule has 0 aromatic rings. The van der Waals surface area contributed by atoms with E-state index >= 15 is 0 Å². The van der Waals surface area contributed by atoms with E-state index in [1.54, 1.807) is 12.2 Å². The molecule has 0 radical (unpaired) electrons. The number of hydrogen-bond acceptors (Lipinski definition) is 2. The van der Waals surface area contributed by atoms with Crippen LogP contribution in [-0.2, 0) is 4.79 Å². The van der Waals surface area contributed by atoms with Gasteiger partial charge in [-0.15, -0.1) is 0 Å². The van der Waals surface area contributed by atoms with Crippen molar-refractivity contribution in [1.82, 2.24) is 5.32 Å². The van der Waals surface area contributed by atoms with E-state index in [0.29, 0.717) is 12.2 Å². The van der Waals surface area contributed by atoms with Crippen LogP contribution in [0.4, 0.5) is 0 Å². The maximum Gasteiger partial charge on any atom is 0.217 e. The number of allylic oxidation sites excluding steroid dienone is 2. The SMILES string of the molecule is C=C/C=C(/CNC(C)=O)C(=C)N.CC.CC. The van der Waals surface area contributed by atoms with Gasteiger partial charge in [-0.1, -0.05) is 53.0 Å². The highest BCUT2D eigenvalue weighted by atomic mass is 16.1. The van der Waals surface area contributed by atoms with Crippen molar-refractivity contribution in [3.8, 4) is 0 Å². The minimum Gasteiger partial charge on any atom is -0.399 e. The molecule has 3 N–H and O–H groups in total. The Bertz CT molecular complexity index is 230. The summed E-state index contributed by atoms with van der Waals surface area (Å²) in [7, 11) is 0. The average Bonchev–Trinajstić information content (AvgIpc) is 2.29. The fraction of sp³-hybridized carbons (Fsp3) is 0.462. The first-order valence-corrected chi connectivity index (χ1v) is 5.58. The van der Waals surface area contributed by atoms with Crippen LogP contribution in [-0.4, -0.2) is 12.5 Å². The number of nitrogens with two attached hydrogens (primary N) is 1. The smallest absolute Gasteiger partial charge is 0.217 e.